The average Bonchev–Trinajstić information content (AvgIpc) is 2.36. The van der Waals surface area contributed by atoms with Crippen molar-refractivity contribution in [1.82, 2.24) is 0 Å². The van der Waals surface area contributed by atoms with Gasteiger partial charge >= 0.3 is 5.76 Å². The summed E-state index contributed by atoms with van der Waals surface area (Å²) in [6.07, 6.45) is 0. The first-order chi connectivity index (χ1) is 9.57. The number of halogens is 2. The van der Waals surface area contributed by atoms with E-state index < -0.39 is 31.1 Å². The maximum absolute atomic E-state index is 12.5. The minimum Gasteiger partial charge on any atom is -0.369 e. The Balaban J connectivity index is 3.36. The van der Waals surface area contributed by atoms with Gasteiger partial charge in [0.05, 0.1) is 9.82 Å². The van der Waals surface area contributed by atoms with Gasteiger partial charge in [-0.2, -0.15) is 8.78 Å². The average molecular weight is 322 g/mol. The highest BCUT2D eigenvalue weighted by Gasteiger charge is 2.30. The predicted molar refractivity (Wildman–Crippen MR) is 74.4 cm³/mol. The molecule has 0 aromatic heterocycles. The quantitative estimate of drug-likeness (QED) is 0.594. The number of nitrogens with zero attached hydrogens (tertiary/aromatic N) is 2. The second kappa shape index (κ2) is 6.33. The largest absolute Gasteiger partial charge is 0.369 e. The molecule has 0 aliphatic heterocycles. The Hall–Kier alpha value is -1.77. The highest BCUT2D eigenvalue weighted by Crippen LogP contribution is 2.32. The number of nitro benzene ring substituents is 1. The summed E-state index contributed by atoms with van der Waals surface area (Å²) >= 11 is 0. The Morgan fingerprint density at radius 3 is 2.33 bits per heavy atom. The van der Waals surface area contributed by atoms with Crippen LogP contribution in [0.3, 0.4) is 0 Å². The standard InChI is InChI=1S/C12H16F2N2O4S/c1-8(2)7-15(3)10-5-4-9(6-11(10)16(17)18)21(19,20)12(13)14/h4-6,8,12H,7H2,1-3H3. The molecule has 6 nitrogen and oxygen atoms in total. The van der Waals surface area contributed by atoms with Crippen LogP contribution in [-0.4, -0.2) is 32.7 Å². The van der Waals surface area contributed by atoms with Gasteiger partial charge in [-0.05, 0) is 18.1 Å². The predicted octanol–water partition coefficient (Wildman–Crippen LogP) is 2.68. The number of alkyl halides is 2. The number of benzene rings is 1. The number of hydrogen-bond acceptors (Lipinski definition) is 5. The fourth-order valence-electron chi connectivity index (χ4n) is 1.90. The van der Waals surface area contributed by atoms with Crippen LogP contribution in [0.25, 0.3) is 0 Å². The third-order valence-corrected chi connectivity index (χ3v) is 4.14. The van der Waals surface area contributed by atoms with Crippen molar-refractivity contribution in [2.24, 2.45) is 5.92 Å². The minimum atomic E-state index is -4.85. The van der Waals surface area contributed by atoms with E-state index in [9.17, 15) is 27.3 Å². The smallest absolute Gasteiger partial charge is 0.341 e. The summed E-state index contributed by atoms with van der Waals surface area (Å²) in [5.41, 5.74) is -0.332. The van der Waals surface area contributed by atoms with Crippen molar-refractivity contribution in [1.29, 1.82) is 0 Å². The molecule has 0 saturated carbocycles. The van der Waals surface area contributed by atoms with E-state index in [0.29, 0.717) is 12.6 Å². The molecule has 0 bridgehead atoms. The topological polar surface area (TPSA) is 80.5 Å². The molecule has 0 heterocycles. The van der Waals surface area contributed by atoms with Crippen molar-refractivity contribution in [3.05, 3.63) is 28.3 Å². The molecule has 0 spiro atoms. The molecule has 0 unspecified atom stereocenters. The molecule has 0 aliphatic carbocycles. The molecule has 0 fully saturated rings. The van der Waals surface area contributed by atoms with Crippen LogP contribution >= 0.6 is 0 Å². The van der Waals surface area contributed by atoms with Gasteiger partial charge in [-0.15, -0.1) is 0 Å². The van der Waals surface area contributed by atoms with Crippen LogP contribution in [0.2, 0.25) is 0 Å². The summed E-state index contributed by atoms with van der Waals surface area (Å²) < 4.78 is 47.7. The number of nitro groups is 1. The molecular weight excluding hydrogens is 306 g/mol. The molecule has 0 atom stereocenters. The molecular formula is C12H16F2N2O4S. The summed E-state index contributed by atoms with van der Waals surface area (Å²) in [7, 11) is -3.24. The molecule has 0 saturated heterocycles. The summed E-state index contributed by atoms with van der Waals surface area (Å²) in [4.78, 5) is 11.1. The van der Waals surface area contributed by atoms with Gasteiger partial charge in [-0.1, -0.05) is 13.8 Å². The maximum Gasteiger partial charge on any atom is 0.341 e. The van der Waals surface area contributed by atoms with E-state index in [2.05, 4.69) is 0 Å². The van der Waals surface area contributed by atoms with Crippen molar-refractivity contribution < 1.29 is 22.1 Å². The number of anilines is 1. The van der Waals surface area contributed by atoms with Gasteiger partial charge in [0.15, 0.2) is 0 Å². The minimum absolute atomic E-state index is 0.182. The van der Waals surface area contributed by atoms with E-state index >= 15 is 0 Å². The summed E-state index contributed by atoms with van der Waals surface area (Å²) in [5, 5.41) is 11.1. The van der Waals surface area contributed by atoms with Crippen molar-refractivity contribution in [3.63, 3.8) is 0 Å². The van der Waals surface area contributed by atoms with Crippen molar-refractivity contribution >= 4 is 21.2 Å². The fraction of sp³-hybridized carbons (Fsp3) is 0.500. The van der Waals surface area contributed by atoms with E-state index in [4.69, 9.17) is 0 Å². The molecule has 0 radical (unpaired) electrons. The first kappa shape index (κ1) is 17.3. The SMILES string of the molecule is CC(C)CN(C)c1ccc(S(=O)(=O)C(F)F)cc1[N+](=O)[O-]. The van der Waals surface area contributed by atoms with Crippen LogP contribution < -0.4 is 4.90 Å². The maximum atomic E-state index is 12.5. The van der Waals surface area contributed by atoms with Gasteiger partial charge in [0.2, 0.25) is 9.84 Å². The Bertz CT molecular complexity index is 632. The van der Waals surface area contributed by atoms with Crippen LogP contribution in [-0.2, 0) is 9.84 Å². The molecule has 1 rings (SSSR count). The molecule has 1 aromatic rings. The van der Waals surface area contributed by atoms with Crippen LogP contribution in [0, 0.1) is 16.0 Å². The number of sulfone groups is 1. The zero-order chi connectivity index (χ0) is 16.4. The first-order valence-electron chi connectivity index (χ1n) is 6.09. The van der Waals surface area contributed by atoms with E-state index in [-0.39, 0.29) is 11.6 Å². The van der Waals surface area contributed by atoms with Crippen molar-refractivity contribution in [2.75, 3.05) is 18.5 Å². The molecule has 9 heteroatoms. The van der Waals surface area contributed by atoms with E-state index in [1.165, 1.54) is 6.07 Å². The molecule has 0 aliphatic rings. The molecule has 118 valence electrons. The van der Waals surface area contributed by atoms with E-state index in [0.717, 1.165) is 6.07 Å². The summed E-state index contributed by atoms with van der Waals surface area (Å²) in [5.74, 6) is -3.39. The monoisotopic (exact) mass is 322 g/mol. The Morgan fingerprint density at radius 1 is 1.33 bits per heavy atom. The molecule has 0 amide bonds. The second-order valence-electron chi connectivity index (χ2n) is 4.99. The fourth-order valence-corrected chi connectivity index (χ4v) is 2.64. The lowest BCUT2D eigenvalue weighted by Gasteiger charge is -2.21. The zero-order valence-electron chi connectivity index (χ0n) is 11.8. The lowest BCUT2D eigenvalue weighted by molar-refractivity contribution is -0.384. The van der Waals surface area contributed by atoms with Gasteiger partial charge in [0, 0.05) is 19.7 Å². The summed E-state index contributed by atoms with van der Waals surface area (Å²) in [6, 6.07) is 2.81. The van der Waals surface area contributed by atoms with E-state index in [1.807, 2.05) is 13.8 Å². The first-order valence-corrected chi connectivity index (χ1v) is 7.63. The number of hydrogen-bond donors (Lipinski definition) is 0. The van der Waals surface area contributed by atoms with Gasteiger partial charge < -0.3 is 4.90 Å². The second-order valence-corrected chi connectivity index (χ2v) is 6.91. The highest BCUT2D eigenvalue weighted by atomic mass is 32.2. The third kappa shape index (κ3) is 3.87. The highest BCUT2D eigenvalue weighted by molar-refractivity contribution is 7.91. The van der Waals surface area contributed by atoms with Crippen LogP contribution in [0.1, 0.15) is 13.8 Å². The van der Waals surface area contributed by atoms with Gasteiger partial charge in [0.25, 0.3) is 5.69 Å². The lowest BCUT2D eigenvalue weighted by Crippen LogP contribution is -2.23. The number of rotatable bonds is 6. The van der Waals surface area contributed by atoms with Gasteiger partial charge in [-0.3, -0.25) is 10.1 Å². The molecule has 0 N–H and O–H groups in total. The van der Waals surface area contributed by atoms with E-state index in [1.54, 1.807) is 11.9 Å². The molecule has 21 heavy (non-hydrogen) atoms. The van der Waals surface area contributed by atoms with Crippen LogP contribution in [0.5, 0.6) is 0 Å². The lowest BCUT2D eigenvalue weighted by atomic mass is 10.2. The van der Waals surface area contributed by atoms with Crippen molar-refractivity contribution in [2.45, 2.75) is 24.5 Å². The third-order valence-electron chi connectivity index (χ3n) is 2.76. The summed E-state index contributed by atoms with van der Waals surface area (Å²) in [6.45, 7) is 4.33. The van der Waals surface area contributed by atoms with Crippen LogP contribution in [0.4, 0.5) is 20.2 Å². The van der Waals surface area contributed by atoms with Crippen molar-refractivity contribution in [3.8, 4) is 0 Å². The Kier molecular flexibility index (Phi) is 5.21. The van der Waals surface area contributed by atoms with Crippen LogP contribution in [0.15, 0.2) is 23.1 Å². The Labute approximate surface area is 121 Å². The zero-order valence-corrected chi connectivity index (χ0v) is 12.6. The molecule has 1 aromatic carbocycles. The Morgan fingerprint density at radius 2 is 1.90 bits per heavy atom. The van der Waals surface area contributed by atoms with Gasteiger partial charge in [-0.25, -0.2) is 8.42 Å². The van der Waals surface area contributed by atoms with Gasteiger partial charge in [0.1, 0.15) is 5.69 Å². The normalized spacial score (nSPS) is 12.0.